The van der Waals surface area contributed by atoms with Crippen LogP contribution in [0.2, 0.25) is 0 Å². The number of hydrogen-bond donors (Lipinski definition) is 1. The first-order valence-electron chi connectivity index (χ1n) is 11.6. The molecule has 0 radical (unpaired) electrons. The molecular weight excluding hydrogens is 410 g/mol. The summed E-state index contributed by atoms with van der Waals surface area (Å²) < 4.78 is 29.3. The van der Waals surface area contributed by atoms with Crippen molar-refractivity contribution in [2.24, 2.45) is 5.92 Å². The van der Waals surface area contributed by atoms with E-state index in [4.69, 9.17) is 0 Å². The summed E-state index contributed by atoms with van der Waals surface area (Å²) in [5.41, 5.74) is 1.65. The lowest BCUT2D eigenvalue weighted by Gasteiger charge is -2.41. The molecule has 2 aliphatic heterocycles. The lowest BCUT2D eigenvalue weighted by atomic mass is 9.84. The van der Waals surface area contributed by atoms with Gasteiger partial charge >= 0.3 is 0 Å². The summed E-state index contributed by atoms with van der Waals surface area (Å²) in [4.78, 5) is 14.9. The molecule has 2 aliphatic rings. The van der Waals surface area contributed by atoms with Crippen molar-refractivity contribution in [1.29, 1.82) is 0 Å². The molecule has 5 nitrogen and oxygen atoms in total. The van der Waals surface area contributed by atoms with Crippen molar-refractivity contribution < 1.29 is 13.6 Å². The number of fused-ring (bicyclic) bond motifs is 1. The topological polar surface area (TPSA) is 50.2 Å². The summed E-state index contributed by atoms with van der Waals surface area (Å²) in [6.45, 7) is 9.42. The highest BCUT2D eigenvalue weighted by Gasteiger charge is 2.39. The summed E-state index contributed by atoms with van der Waals surface area (Å²) in [6.07, 6.45) is -0.462. The minimum absolute atomic E-state index is 0.0326. The lowest BCUT2D eigenvalue weighted by molar-refractivity contribution is -0.133. The van der Waals surface area contributed by atoms with Crippen molar-refractivity contribution in [3.63, 3.8) is 0 Å². The van der Waals surface area contributed by atoms with E-state index in [9.17, 15) is 13.6 Å². The van der Waals surface area contributed by atoms with E-state index in [2.05, 4.69) is 10.4 Å². The van der Waals surface area contributed by atoms with Crippen molar-refractivity contribution in [3.8, 4) is 0 Å². The molecule has 1 amide bonds. The van der Waals surface area contributed by atoms with E-state index in [0.717, 1.165) is 24.1 Å². The standard InChI is InChI=1S/C25H34F2N4O/c1-16(17-8-6-5-7-9-17)24(32)30-12-10-18(11-13-30)19-14-20(23(26)27)31-22(28-19)15-21(29-31)25(2,3)4/h5-9,15-16,18-20,23,28H,10-14H2,1-4H3/t16-,19-,20+/m0/s1. The second-order valence-electron chi connectivity index (χ2n) is 10.3. The number of likely N-dealkylation sites (tertiary alicyclic amines) is 1. The zero-order valence-electron chi connectivity index (χ0n) is 19.4. The number of benzene rings is 1. The molecule has 1 N–H and O–H groups in total. The van der Waals surface area contributed by atoms with E-state index in [0.29, 0.717) is 25.3 Å². The molecule has 174 valence electrons. The highest BCUT2D eigenvalue weighted by Crippen LogP contribution is 2.38. The van der Waals surface area contributed by atoms with Crippen LogP contribution in [0.3, 0.4) is 0 Å². The molecule has 3 atom stereocenters. The van der Waals surface area contributed by atoms with Crippen LogP contribution < -0.4 is 5.32 Å². The Morgan fingerprint density at radius 3 is 2.41 bits per heavy atom. The molecule has 1 aromatic heterocycles. The van der Waals surface area contributed by atoms with Gasteiger partial charge in [-0.2, -0.15) is 5.10 Å². The van der Waals surface area contributed by atoms with Gasteiger partial charge in [-0.1, -0.05) is 51.1 Å². The summed E-state index contributed by atoms with van der Waals surface area (Å²) >= 11 is 0. The van der Waals surface area contributed by atoms with Crippen molar-refractivity contribution >= 4 is 11.7 Å². The van der Waals surface area contributed by atoms with Crippen LogP contribution in [0, 0.1) is 5.92 Å². The van der Waals surface area contributed by atoms with Crippen molar-refractivity contribution in [1.82, 2.24) is 14.7 Å². The van der Waals surface area contributed by atoms with Gasteiger partial charge in [0, 0.05) is 30.6 Å². The fourth-order valence-corrected chi connectivity index (χ4v) is 4.93. The number of carbonyl (C=O) groups is 1. The first kappa shape index (κ1) is 22.7. The van der Waals surface area contributed by atoms with E-state index in [1.54, 1.807) is 0 Å². The third-order valence-corrected chi connectivity index (χ3v) is 7.03. The quantitative estimate of drug-likeness (QED) is 0.704. The second-order valence-corrected chi connectivity index (χ2v) is 10.3. The number of carbonyl (C=O) groups excluding carboxylic acids is 1. The third kappa shape index (κ3) is 4.52. The van der Waals surface area contributed by atoms with Gasteiger partial charge in [0.25, 0.3) is 6.43 Å². The maximum Gasteiger partial charge on any atom is 0.260 e. The number of piperidine rings is 1. The molecule has 0 spiro atoms. The molecule has 4 rings (SSSR count). The molecule has 32 heavy (non-hydrogen) atoms. The molecule has 1 aromatic carbocycles. The SMILES string of the molecule is C[C@H](C(=O)N1CCC([C@@H]2C[C@H](C(F)F)n3nc(C(C)(C)C)cc3N2)CC1)c1ccccc1. The van der Waals surface area contributed by atoms with Crippen LogP contribution in [-0.2, 0) is 10.2 Å². The van der Waals surface area contributed by atoms with Gasteiger partial charge < -0.3 is 10.2 Å². The largest absolute Gasteiger partial charge is 0.367 e. The first-order chi connectivity index (χ1) is 15.1. The normalized spacial score (nSPS) is 23.0. The monoisotopic (exact) mass is 444 g/mol. The van der Waals surface area contributed by atoms with Crippen LogP contribution >= 0.6 is 0 Å². The summed E-state index contributed by atoms with van der Waals surface area (Å²) in [7, 11) is 0. The fraction of sp³-hybridized carbons (Fsp3) is 0.600. The molecule has 1 fully saturated rings. The summed E-state index contributed by atoms with van der Waals surface area (Å²) in [5, 5.41) is 8.01. The van der Waals surface area contributed by atoms with Crippen molar-refractivity contribution in [3.05, 3.63) is 47.7 Å². The van der Waals surface area contributed by atoms with Crippen molar-refractivity contribution in [2.75, 3.05) is 18.4 Å². The summed E-state index contributed by atoms with van der Waals surface area (Å²) in [6, 6.07) is 10.8. The molecule has 1 saturated heterocycles. The van der Waals surface area contributed by atoms with Crippen LogP contribution in [0.25, 0.3) is 0 Å². The van der Waals surface area contributed by atoms with E-state index in [1.807, 2.05) is 69.0 Å². The zero-order chi connectivity index (χ0) is 23.0. The highest BCUT2D eigenvalue weighted by atomic mass is 19.3. The molecule has 3 heterocycles. The minimum atomic E-state index is -2.46. The Bertz CT molecular complexity index is 929. The van der Waals surface area contributed by atoms with Crippen molar-refractivity contribution in [2.45, 2.75) is 76.8 Å². The smallest absolute Gasteiger partial charge is 0.260 e. The van der Waals surface area contributed by atoms with E-state index >= 15 is 0 Å². The first-order valence-corrected chi connectivity index (χ1v) is 11.6. The van der Waals surface area contributed by atoms with Gasteiger partial charge in [-0.25, -0.2) is 13.5 Å². The van der Waals surface area contributed by atoms with Gasteiger partial charge in [0.05, 0.1) is 11.6 Å². The molecule has 0 saturated carbocycles. The van der Waals surface area contributed by atoms with Gasteiger partial charge in [-0.15, -0.1) is 0 Å². The van der Waals surface area contributed by atoms with E-state index < -0.39 is 12.5 Å². The Kier molecular flexibility index (Phi) is 6.28. The van der Waals surface area contributed by atoms with Gasteiger partial charge in [0.1, 0.15) is 11.9 Å². The number of hydrogen-bond acceptors (Lipinski definition) is 3. The molecule has 2 aromatic rings. The van der Waals surface area contributed by atoms with Gasteiger partial charge in [-0.05, 0) is 37.7 Å². The van der Waals surface area contributed by atoms with Crippen LogP contribution in [0.15, 0.2) is 36.4 Å². The van der Waals surface area contributed by atoms with Crippen LogP contribution in [-0.4, -0.2) is 46.1 Å². The zero-order valence-corrected chi connectivity index (χ0v) is 19.4. The van der Waals surface area contributed by atoms with Crippen LogP contribution in [0.5, 0.6) is 0 Å². The number of nitrogens with zero attached hydrogens (tertiary/aromatic N) is 3. The third-order valence-electron chi connectivity index (χ3n) is 7.03. The highest BCUT2D eigenvalue weighted by molar-refractivity contribution is 5.83. The number of halogens is 2. The van der Waals surface area contributed by atoms with E-state index in [-0.39, 0.29) is 29.2 Å². The fourth-order valence-electron chi connectivity index (χ4n) is 4.93. The maximum absolute atomic E-state index is 13.9. The maximum atomic E-state index is 13.9. The Hall–Kier alpha value is -2.44. The number of nitrogens with one attached hydrogen (secondary N) is 1. The predicted molar refractivity (Wildman–Crippen MR) is 122 cm³/mol. The average molecular weight is 445 g/mol. The number of amides is 1. The Morgan fingerprint density at radius 2 is 1.81 bits per heavy atom. The lowest BCUT2D eigenvalue weighted by Crippen LogP contribution is -2.46. The Balaban J connectivity index is 1.42. The number of alkyl halides is 2. The minimum Gasteiger partial charge on any atom is -0.367 e. The van der Waals surface area contributed by atoms with E-state index in [1.165, 1.54) is 4.68 Å². The van der Waals surface area contributed by atoms with Gasteiger partial charge in [0.2, 0.25) is 5.91 Å². The molecule has 0 unspecified atom stereocenters. The van der Waals surface area contributed by atoms with Crippen LogP contribution in [0.4, 0.5) is 14.6 Å². The summed E-state index contributed by atoms with van der Waals surface area (Å²) in [5.74, 6) is 0.917. The number of anilines is 1. The Labute approximate surface area is 189 Å². The molecular formula is C25H34F2N4O. The molecule has 7 heteroatoms. The average Bonchev–Trinajstić information content (AvgIpc) is 3.23. The van der Waals surface area contributed by atoms with Gasteiger partial charge in [0.15, 0.2) is 0 Å². The number of rotatable bonds is 4. The predicted octanol–water partition coefficient (Wildman–Crippen LogP) is 5.21. The second kappa shape index (κ2) is 8.83. The van der Waals surface area contributed by atoms with Gasteiger partial charge in [-0.3, -0.25) is 4.79 Å². The molecule has 0 aliphatic carbocycles. The molecule has 0 bridgehead atoms. The Morgan fingerprint density at radius 1 is 1.16 bits per heavy atom. The van der Waals surface area contributed by atoms with Crippen LogP contribution in [0.1, 0.15) is 70.2 Å². The number of aromatic nitrogens is 2.